The fraction of sp³-hybridized carbons (Fsp3) is 0.840. The third-order valence-electron chi connectivity index (χ3n) is 7.73. The zero-order chi connectivity index (χ0) is 17.5. The lowest BCUT2D eigenvalue weighted by Crippen LogP contribution is -2.23. The topological polar surface area (TPSA) is 0 Å². The SMILES string of the molecule is CCCC1CCC(C2C=CC(C=CC3CCC(CC)CC3)CC2)CC1. The molecule has 0 aromatic heterocycles. The van der Waals surface area contributed by atoms with Gasteiger partial charge < -0.3 is 0 Å². The van der Waals surface area contributed by atoms with E-state index in [1.165, 1.54) is 83.5 Å². The Bertz CT molecular complexity index is 415. The van der Waals surface area contributed by atoms with E-state index < -0.39 is 0 Å². The lowest BCUT2D eigenvalue weighted by molar-refractivity contribution is 0.207. The lowest BCUT2D eigenvalue weighted by atomic mass is 9.71. The van der Waals surface area contributed by atoms with Crippen molar-refractivity contribution in [1.82, 2.24) is 0 Å². The molecule has 2 fully saturated rings. The monoisotopic (exact) mass is 342 g/mol. The fourth-order valence-corrected chi connectivity index (χ4v) is 5.82. The van der Waals surface area contributed by atoms with E-state index in [4.69, 9.17) is 0 Å². The van der Waals surface area contributed by atoms with Crippen molar-refractivity contribution in [2.75, 3.05) is 0 Å². The Morgan fingerprint density at radius 3 is 2.04 bits per heavy atom. The fourth-order valence-electron chi connectivity index (χ4n) is 5.82. The molecule has 2 unspecified atom stereocenters. The molecule has 0 radical (unpaired) electrons. The highest BCUT2D eigenvalue weighted by atomic mass is 14.3. The number of hydrogen-bond acceptors (Lipinski definition) is 0. The summed E-state index contributed by atoms with van der Waals surface area (Å²) in [5.41, 5.74) is 0. The third-order valence-corrected chi connectivity index (χ3v) is 7.73. The quantitative estimate of drug-likeness (QED) is 0.430. The van der Waals surface area contributed by atoms with Gasteiger partial charge in [-0.3, -0.25) is 0 Å². The maximum Gasteiger partial charge on any atom is -0.00531 e. The van der Waals surface area contributed by atoms with Gasteiger partial charge >= 0.3 is 0 Å². The van der Waals surface area contributed by atoms with Crippen molar-refractivity contribution in [3.63, 3.8) is 0 Å². The standard InChI is InChI=1S/C25H42/c1-3-5-21-12-16-24(17-13-21)25-18-14-23(15-19-25)11-10-22-8-6-20(4-2)7-9-22/h10-11,14,18,20-25H,3-9,12-13,15-17,19H2,1-2H3. The highest BCUT2D eigenvalue weighted by Gasteiger charge is 2.27. The first-order valence-electron chi connectivity index (χ1n) is 11.6. The molecule has 0 nitrogen and oxygen atoms in total. The van der Waals surface area contributed by atoms with Gasteiger partial charge in [-0.2, -0.15) is 0 Å². The molecule has 3 aliphatic rings. The predicted molar refractivity (Wildman–Crippen MR) is 111 cm³/mol. The van der Waals surface area contributed by atoms with Gasteiger partial charge in [0.1, 0.15) is 0 Å². The van der Waals surface area contributed by atoms with Crippen molar-refractivity contribution in [3.05, 3.63) is 24.3 Å². The van der Waals surface area contributed by atoms with Gasteiger partial charge in [-0.1, -0.05) is 70.3 Å². The van der Waals surface area contributed by atoms with Gasteiger partial charge in [-0.15, -0.1) is 0 Å². The Hall–Kier alpha value is -0.520. The van der Waals surface area contributed by atoms with Crippen LogP contribution in [0.25, 0.3) is 0 Å². The largest absolute Gasteiger partial charge is 0.0848 e. The molecule has 0 heterocycles. The van der Waals surface area contributed by atoms with Gasteiger partial charge in [0.25, 0.3) is 0 Å². The molecule has 0 amide bonds. The van der Waals surface area contributed by atoms with Crippen LogP contribution in [0, 0.1) is 35.5 Å². The van der Waals surface area contributed by atoms with E-state index in [0.717, 1.165) is 35.5 Å². The zero-order valence-electron chi connectivity index (χ0n) is 17.0. The number of hydrogen-bond donors (Lipinski definition) is 0. The average Bonchev–Trinajstić information content (AvgIpc) is 2.68. The Morgan fingerprint density at radius 1 is 0.720 bits per heavy atom. The van der Waals surface area contributed by atoms with E-state index in [1.54, 1.807) is 0 Å². The van der Waals surface area contributed by atoms with Crippen molar-refractivity contribution in [2.45, 2.75) is 97.3 Å². The van der Waals surface area contributed by atoms with Crippen LogP contribution >= 0.6 is 0 Å². The summed E-state index contributed by atoms with van der Waals surface area (Å²) in [6.07, 6.45) is 29.2. The van der Waals surface area contributed by atoms with Crippen LogP contribution in [0.3, 0.4) is 0 Å². The van der Waals surface area contributed by atoms with E-state index in [-0.39, 0.29) is 0 Å². The second-order valence-electron chi connectivity index (χ2n) is 9.43. The number of rotatable bonds is 6. The molecule has 2 atom stereocenters. The van der Waals surface area contributed by atoms with Crippen molar-refractivity contribution < 1.29 is 0 Å². The van der Waals surface area contributed by atoms with E-state index in [1.807, 2.05) is 0 Å². The summed E-state index contributed by atoms with van der Waals surface area (Å²) in [7, 11) is 0. The van der Waals surface area contributed by atoms with Gasteiger partial charge in [0.15, 0.2) is 0 Å². The lowest BCUT2D eigenvalue weighted by Gasteiger charge is -2.34. The molecule has 0 heteroatoms. The summed E-state index contributed by atoms with van der Waals surface area (Å²) < 4.78 is 0. The molecule has 25 heavy (non-hydrogen) atoms. The van der Waals surface area contributed by atoms with E-state index in [0.29, 0.717) is 0 Å². The van der Waals surface area contributed by atoms with Gasteiger partial charge in [-0.05, 0) is 86.9 Å². The van der Waals surface area contributed by atoms with Crippen LogP contribution in [0.2, 0.25) is 0 Å². The van der Waals surface area contributed by atoms with Gasteiger partial charge in [0.2, 0.25) is 0 Å². The summed E-state index contributed by atoms with van der Waals surface area (Å²) in [5, 5.41) is 0. The van der Waals surface area contributed by atoms with Crippen molar-refractivity contribution in [1.29, 1.82) is 0 Å². The molecule has 0 bridgehead atoms. The normalized spacial score (nSPS) is 39.8. The maximum absolute atomic E-state index is 2.61. The summed E-state index contributed by atoms with van der Waals surface area (Å²) in [4.78, 5) is 0. The third kappa shape index (κ3) is 5.73. The van der Waals surface area contributed by atoms with Crippen LogP contribution in [0.4, 0.5) is 0 Å². The second kappa shape index (κ2) is 9.98. The van der Waals surface area contributed by atoms with Crippen molar-refractivity contribution in [2.24, 2.45) is 35.5 Å². The van der Waals surface area contributed by atoms with Gasteiger partial charge in [0, 0.05) is 0 Å². The van der Waals surface area contributed by atoms with Crippen LogP contribution < -0.4 is 0 Å². The van der Waals surface area contributed by atoms with Crippen LogP contribution in [0.15, 0.2) is 24.3 Å². The van der Waals surface area contributed by atoms with E-state index in [9.17, 15) is 0 Å². The van der Waals surface area contributed by atoms with Gasteiger partial charge in [-0.25, -0.2) is 0 Å². The Morgan fingerprint density at radius 2 is 1.44 bits per heavy atom. The van der Waals surface area contributed by atoms with Gasteiger partial charge in [0.05, 0.1) is 0 Å². The molecule has 0 aromatic carbocycles. The van der Waals surface area contributed by atoms with Crippen LogP contribution in [0.1, 0.15) is 97.3 Å². The van der Waals surface area contributed by atoms with Crippen molar-refractivity contribution >= 4 is 0 Å². The summed E-state index contributed by atoms with van der Waals surface area (Å²) in [6, 6.07) is 0. The first-order chi connectivity index (χ1) is 12.3. The van der Waals surface area contributed by atoms with Crippen LogP contribution in [-0.4, -0.2) is 0 Å². The zero-order valence-corrected chi connectivity index (χ0v) is 17.0. The minimum Gasteiger partial charge on any atom is -0.0848 e. The molecular formula is C25H42. The van der Waals surface area contributed by atoms with Crippen molar-refractivity contribution in [3.8, 4) is 0 Å². The first kappa shape index (κ1) is 19.2. The van der Waals surface area contributed by atoms with Crippen LogP contribution in [-0.2, 0) is 0 Å². The second-order valence-corrected chi connectivity index (χ2v) is 9.43. The molecule has 0 N–H and O–H groups in total. The minimum absolute atomic E-state index is 0.733. The van der Waals surface area contributed by atoms with E-state index >= 15 is 0 Å². The first-order valence-corrected chi connectivity index (χ1v) is 11.6. The highest BCUT2D eigenvalue weighted by molar-refractivity contribution is 5.08. The molecule has 142 valence electrons. The maximum atomic E-state index is 2.61. The Balaban J connectivity index is 1.40. The Labute approximate surface area is 157 Å². The minimum atomic E-state index is 0.733. The molecule has 0 spiro atoms. The molecule has 3 aliphatic carbocycles. The highest BCUT2D eigenvalue weighted by Crippen LogP contribution is 2.40. The molecule has 2 saturated carbocycles. The molecule has 0 aliphatic heterocycles. The summed E-state index contributed by atoms with van der Waals surface area (Å²) in [5.74, 6) is 5.57. The molecular weight excluding hydrogens is 300 g/mol. The molecule has 3 rings (SSSR count). The summed E-state index contributed by atoms with van der Waals surface area (Å²) in [6.45, 7) is 4.71. The Kier molecular flexibility index (Phi) is 7.68. The average molecular weight is 343 g/mol. The molecule has 0 saturated heterocycles. The summed E-state index contributed by atoms with van der Waals surface area (Å²) >= 11 is 0. The van der Waals surface area contributed by atoms with E-state index in [2.05, 4.69) is 38.2 Å². The smallest absolute Gasteiger partial charge is 0.00531 e. The van der Waals surface area contributed by atoms with Crippen LogP contribution in [0.5, 0.6) is 0 Å². The predicted octanol–water partition coefficient (Wildman–Crippen LogP) is 7.95. The molecule has 0 aromatic rings. The number of allylic oxidation sites excluding steroid dienone is 4.